The van der Waals surface area contributed by atoms with Gasteiger partial charge in [-0.25, -0.2) is 4.98 Å². The lowest BCUT2D eigenvalue weighted by Crippen LogP contribution is -1.93. The van der Waals surface area contributed by atoms with Gasteiger partial charge in [0.2, 0.25) is 0 Å². The molecule has 0 saturated heterocycles. The number of methoxy groups -OCH3 is 1. The normalized spacial score (nSPS) is 10.9. The number of ether oxygens (including phenoxy) is 1. The second-order valence-electron chi connectivity index (χ2n) is 4.10. The van der Waals surface area contributed by atoms with Gasteiger partial charge in [0.05, 0.1) is 12.8 Å². The van der Waals surface area contributed by atoms with Crippen molar-refractivity contribution in [3.8, 4) is 17.0 Å². The van der Waals surface area contributed by atoms with Gasteiger partial charge in [0, 0.05) is 10.9 Å². The second kappa shape index (κ2) is 5.07. The van der Waals surface area contributed by atoms with Gasteiger partial charge in [-0.05, 0) is 23.6 Å². The third-order valence-corrected chi connectivity index (χ3v) is 3.62. The second-order valence-corrected chi connectivity index (χ2v) is 5.54. The SMILES string of the molecule is COc1cc(C(C)C)ccc1-c1csc(Cl)n1. The third kappa shape index (κ3) is 2.61. The van der Waals surface area contributed by atoms with Crippen LogP contribution in [0.3, 0.4) is 0 Å². The van der Waals surface area contributed by atoms with Crippen LogP contribution in [-0.2, 0) is 0 Å². The maximum atomic E-state index is 5.85. The van der Waals surface area contributed by atoms with Crippen molar-refractivity contribution >= 4 is 22.9 Å². The van der Waals surface area contributed by atoms with E-state index in [-0.39, 0.29) is 0 Å². The maximum absolute atomic E-state index is 5.85. The van der Waals surface area contributed by atoms with Crippen LogP contribution >= 0.6 is 22.9 Å². The van der Waals surface area contributed by atoms with E-state index < -0.39 is 0 Å². The van der Waals surface area contributed by atoms with E-state index in [1.165, 1.54) is 16.9 Å². The molecule has 0 atom stereocenters. The summed E-state index contributed by atoms with van der Waals surface area (Å²) in [5.74, 6) is 1.33. The zero-order chi connectivity index (χ0) is 12.4. The van der Waals surface area contributed by atoms with Gasteiger partial charge < -0.3 is 4.74 Å². The first-order valence-electron chi connectivity index (χ1n) is 5.41. The van der Waals surface area contributed by atoms with E-state index in [0.29, 0.717) is 10.4 Å². The third-order valence-electron chi connectivity index (χ3n) is 2.64. The molecule has 90 valence electrons. The van der Waals surface area contributed by atoms with E-state index in [2.05, 4.69) is 31.0 Å². The van der Waals surface area contributed by atoms with Crippen molar-refractivity contribution in [2.75, 3.05) is 7.11 Å². The summed E-state index contributed by atoms with van der Waals surface area (Å²) in [7, 11) is 1.68. The van der Waals surface area contributed by atoms with Crippen molar-refractivity contribution in [2.24, 2.45) is 0 Å². The topological polar surface area (TPSA) is 22.1 Å². The zero-order valence-electron chi connectivity index (χ0n) is 10.0. The molecule has 0 fully saturated rings. The Labute approximate surface area is 110 Å². The molecule has 0 saturated carbocycles. The van der Waals surface area contributed by atoms with Crippen LogP contribution in [0.2, 0.25) is 4.47 Å². The Morgan fingerprint density at radius 2 is 2.12 bits per heavy atom. The van der Waals surface area contributed by atoms with E-state index in [0.717, 1.165) is 17.0 Å². The molecule has 1 aromatic carbocycles. The van der Waals surface area contributed by atoms with Gasteiger partial charge in [0.1, 0.15) is 5.75 Å². The zero-order valence-corrected chi connectivity index (χ0v) is 11.6. The van der Waals surface area contributed by atoms with Crippen LogP contribution in [0.25, 0.3) is 11.3 Å². The number of nitrogens with zero attached hydrogens (tertiary/aromatic N) is 1. The molecule has 4 heteroatoms. The van der Waals surface area contributed by atoms with Gasteiger partial charge >= 0.3 is 0 Å². The van der Waals surface area contributed by atoms with Gasteiger partial charge in [0.25, 0.3) is 0 Å². The highest BCUT2D eigenvalue weighted by atomic mass is 35.5. The van der Waals surface area contributed by atoms with Crippen LogP contribution in [0.4, 0.5) is 0 Å². The van der Waals surface area contributed by atoms with Crippen LogP contribution in [0.1, 0.15) is 25.3 Å². The van der Waals surface area contributed by atoms with Crippen LogP contribution in [0, 0.1) is 0 Å². The molecule has 2 aromatic rings. The Bertz CT molecular complexity index is 522. The molecule has 0 spiro atoms. The molecule has 17 heavy (non-hydrogen) atoms. The predicted octanol–water partition coefficient (Wildman–Crippen LogP) is 4.60. The fourth-order valence-electron chi connectivity index (χ4n) is 1.65. The molecule has 0 amide bonds. The highest BCUT2D eigenvalue weighted by Gasteiger charge is 2.11. The van der Waals surface area contributed by atoms with Crippen molar-refractivity contribution in [3.63, 3.8) is 0 Å². The summed E-state index contributed by atoms with van der Waals surface area (Å²) >= 11 is 7.28. The average molecular weight is 268 g/mol. The van der Waals surface area contributed by atoms with Gasteiger partial charge in [-0.15, -0.1) is 11.3 Å². The minimum Gasteiger partial charge on any atom is -0.496 e. The Hall–Kier alpha value is -1.06. The quantitative estimate of drug-likeness (QED) is 0.811. The predicted molar refractivity (Wildman–Crippen MR) is 73.2 cm³/mol. The fourth-order valence-corrected chi connectivity index (χ4v) is 2.42. The van der Waals surface area contributed by atoms with Gasteiger partial charge in [-0.3, -0.25) is 0 Å². The Morgan fingerprint density at radius 1 is 1.35 bits per heavy atom. The molecule has 0 aliphatic rings. The molecule has 1 aromatic heterocycles. The highest BCUT2D eigenvalue weighted by Crippen LogP contribution is 2.34. The summed E-state index contributed by atoms with van der Waals surface area (Å²) in [4.78, 5) is 4.27. The summed E-state index contributed by atoms with van der Waals surface area (Å²) in [6.07, 6.45) is 0. The number of hydrogen-bond donors (Lipinski definition) is 0. The molecular weight excluding hydrogens is 254 g/mol. The fraction of sp³-hybridized carbons (Fsp3) is 0.308. The molecule has 0 unspecified atom stereocenters. The smallest absolute Gasteiger partial charge is 0.184 e. The van der Waals surface area contributed by atoms with Gasteiger partial charge in [0.15, 0.2) is 4.47 Å². The van der Waals surface area contributed by atoms with Crippen molar-refractivity contribution in [3.05, 3.63) is 33.6 Å². The van der Waals surface area contributed by atoms with E-state index in [4.69, 9.17) is 16.3 Å². The Kier molecular flexibility index (Phi) is 3.69. The number of aromatic nitrogens is 1. The first-order valence-corrected chi connectivity index (χ1v) is 6.67. The monoisotopic (exact) mass is 267 g/mol. The van der Waals surface area contributed by atoms with Crippen LogP contribution in [-0.4, -0.2) is 12.1 Å². The van der Waals surface area contributed by atoms with Crippen LogP contribution in [0.15, 0.2) is 23.6 Å². The summed E-state index contributed by atoms with van der Waals surface area (Å²) in [6, 6.07) is 6.21. The van der Waals surface area contributed by atoms with E-state index in [9.17, 15) is 0 Å². The van der Waals surface area contributed by atoms with Crippen molar-refractivity contribution in [2.45, 2.75) is 19.8 Å². The first-order chi connectivity index (χ1) is 8.11. The number of hydrogen-bond acceptors (Lipinski definition) is 3. The summed E-state index contributed by atoms with van der Waals surface area (Å²) < 4.78 is 5.97. The van der Waals surface area contributed by atoms with Crippen molar-refractivity contribution in [1.29, 1.82) is 0 Å². The van der Waals surface area contributed by atoms with Crippen LogP contribution < -0.4 is 4.74 Å². The lowest BCUT2D eigenvalue weighted by Gasteiger charge is -2.11. The average Bonchev–Trinajstić information content (AvgIpc) is 2.74. The number of halogens is 1. The van der Waals surface area contributed by atoms with Crippen molar-refractivity contribution < 1.29 is 4.74 Å². The van der Waals surface area contributed by atoms with E-state index >= 15 is 0 Å². The van der Waals surface area contributed by atoms with Crippen LogP contribution in [0.5, 0.6) is 5.75 Å². The summed E-state index contributed by atoms with van der Waals surface area (Å²) in [6.45, 7) is 4.32. The van der Waals surface area contributed by atoms with Crippen molar-refractivity contribution in [1.82, 2.24) is 4.98 Å². The lowest BCUT2D eigenvalue weighted by molar-refractivity contribution is 0.415. The standard InChI is InChI=1S/C13H14ClNOS/c1-8(2)9-4-5-10(12(6-9)16-3)11-7-17-13(14)15-11/h4-8H,1-3H3. The van der Waals surface area contributed by atoms with Gasteiger partial charge in [-0.1, -0.05) is 31.5 Å². The molecule has 0 aliphatic heterocycles. The Morgan fingerprint density at radius 3 is 2.65 bits per heavy atom. The van der Waals surface area contributed by atoms with E-state index in [1.54, 1.807) is 7.11 Å². The molecule has 2 rings (SSSR count). The number of rotatable bonds is 3. The number of benzene rings is 1. The largest absolute Gasteiger partial charge is 0.496 e. The molecular formula is C13H14ClNOS. The summed E-state index contributed by atoms with van der Waals surface area (Å²) in [5, 5.41) is 1.94. The minimum absolute atomic E-state index is 0.483. The maximum Gasteiger partial charge on any atom is 0.184 e. The molecule has 0 bridgehead atoms. The molecule has 0 aliphatic carbocycles. The lowest BCUT2D eigenvalue weighted by atomic mass is 10.00. The number of thiazole rings is 1. The molecule has 0 N–H and O–H groups in total. The highest BCUT2D eigenvalue weighted by molar-refractivity contribution is 7.14. The summed E-state index contributed by atoms with van der Waals surface area (Å²) in [5.41, 5.74) is 3.11. The molecule has 0 radical (unpaired) electrons. The Balaban J connectivity index is 2.48. The van der Waals surface area contributed by atoms with E-state index in [1.807, 2.05) is 11.4 Å². The first kappa shape index (κ1) is 12.4. The molecule has 2 nitrogen and oxygen atoms in total. The minimum atomic E-state index is 0.483. The van der Waals surface area contributed by atoms with Gasteiger partial charge in [-0.2, -0.15) is 0 Å². The molecule has 1 heterocycles.